The van der Waals surface area contributed by atoms with Crippen molar-refractivity contribution in [1.82, 2.24) is 10.1 Å². The zero-order valence-corrected chi connectivity index (χ0v) is 13.2. The topological polar surface area (TPSA) is 91.5 Å². The molecule has 0 unspecified atom stereocenters. The average Bonchev–Trinajstić information content (AvgIpc) is 3.37. The van der Waals surface area contributed by atoms with Crippen LogP contribution in [0.3, 0.4) is 0 Å². The molecule has 0 spiro atoms. The van der Waals surface area contributed by atoms with Gasteiger partial charge in [-0.3, -0.25) is 4.79 Å². The van der Waals surface area contributed by atoms with Gasteiger partial charge in [0.15, 0.2) is 17.2 Å². The van der Waals surface area contributed by atoms with Crippen molar-refractivity contribution in [2.75, 3.05) is 0 Å². The number of esters is 1. The van der Waals surface area contributed by atoms with E-state index in [1.54, 1.807) is 24.5 Å². The molecule has 3 heterocycles. The largest absolute Gasteiger partial charge is 0.461 e. The Morgan fingerprint density at radius 2 is 2.04 bits per heavy atom. The van der Waals surface area contributed by atoms with Gasteiger partial charge >= 0.3 is 5.97 Å². The molecule has 0 saturated carbocycles. The highest BCUT2D eigenvalue weighted by Gasteiger charge is 2.12. The van der Waals surface area contributed by atoms with Gasteiger partial charge in [-0.1, -0.05) is 17.3 Å². The number of aromatic nitrogens is 2. The summed E-state index contributed by atoms with van der Waals surface area (Å²) < 4.78 is 21.1. The lowest BCUT2D eigenvalue weighted by Gasteiger charge is -2.00. The highest BCUT2D eigenvalue weighted by atomic mass is 16.5. The molecule has 25 heavy (non-hydrogen) atoms. The van der Waals surface area contributed by atoms with Crippen molar-refractivity contribution in [3.63, 3.8) is 0 Å². The van der Waals surface area contributed by atoms with Crippen LogP contribution in [0.4, 0.5) is 0 Å². The maximum absolute atomic E-state index is 11.9. The third-order valence-electron chi connectivity index (χ3n) is 3.59. The van der Waals surface area contributed by atoms with Crippen LogP contribution in [-0.2, 0) is 22.6 Å². The van der Waals surface area contributed by atoms with E-state index in [2.05, 4.69) is 10.1 Å². The number of hydrogen-bond acceptors (Lipinski definition) is 7. The first kappa shape index (κ1) is 15.2. The molecule has 7 nitrogen and oxygen atoms in total. The fourth-order valence-corrected chi connectivity index (χ4v) is 2.38. The fourth-order valence-electron chi connectivity index (χ4n) is 2.38. The van der Waals surface area contributed by atoms with Crippen LogP contribution in [0.2, 0.25) is 0 Å². The molecule has 0 atom stereocenters. The number of benzene rings is 1. The molecule has 0 radical (unpaired) electrons. The first-order valence-electron chi connectivity index (χ1n) is 7.77. The maximum atomic E-state index is 11.9. The first-order chi connectivity index (χ1) is 12.3. The monoisotopic (exact) mass is 338 g/mol. The molecule has 7 heteroatoms. The van der Waals surface area contributed by atoms with Crippen molar-refractivity contribution in [3.05, 3.63) is 60.3 Å². The van der Waals surface area contributed by atoms with Crippen molar-refractivity contribution in [3.8, 4) is 11.5 Å². The molecule has 0 aliphatic carbocycles. The predicted octanol–water partition coefficient (Wildman–Crippen LogP) is 3.75. The standard InChI is InChI=1S/C18H14N2O5/c21-18(8-7-17-19-13-4-1-2-5-14(13)24-17)23-11-12-10-16(25-20-12)15-6-3-9-22-15/h1-6,9-10H,7-8,11H2. The molecule has 1 aromatic carbocycles. The van der Waals surface area contributed by atoms with Gasteiger partial charge < -0.3 is 18.1 Å². The van der Waals surface area contributed by atoms with Crippen LogP contribution < -0.4 is 0 Å². The number of rotatable bonds is 6. The summed E-state index contributed by atoms with van der Waals surface area (Å²) in [4.78, 5) is 16.2. The summed E-state index contributed by atoms with van der Waals surface area (Å²) in [6.45, 7) is 0.0383. The van der Waals surface area contributed by atoms with Crippen molar-refractivity contribution >= 4 is 17.1 Å². The number of hydrogen-bond donors (Lipinski definition) is 0. The van der Waals surface area contributed by atoms with Gasteiger partial charge in [-0.15, -0.1) is 0 Å². The number of para-hydroxylation sites is 2. The van der Waals surface area contributed by atoms with Gasteiger partial charge in [-0.2, -0.15) is 0 Å². The predicted molar refractivity (Wildman–Crippen MR) is 86.3 cm³/mol. The van der Waals surface area contributed by atoms with Gasteiger partial charge in [-0.25, -0.2) is 4.98 Å². The molecule has 3 aromatic heterocycles. The Morgan fingerprint density at radius 3 is 2.88 bits per heavy atom. The summed E-state index contributed by atoms with van der Waals surface area (Å²) in [6, 6.07) is 12.7. The molecule has 0 saturated heterocycles. The quantitative estimate of drug-likeness (QED) is 0.494. The van der Waals surface area contributed by atoms with E-state index < -0.39 is 0 Å². The number of carbonyl (C=O) groups excluding carboxylic acids is 1. The van der Waals surface area contributed by atoms with Crippen LogP contribution in [0.5, 0.6) is 0 Å². The molecular weight excluding hydrogens is 324 g/mol. The highest BCUT2D eigenvalue weighted by Crippen LogP contribution is 2.21. The van der Waals surface area contributed by atoms with E-state index in [1.165, 1.54) is 0 Å². The van der Waals surface area contributed by atoms with E-state index >= 15 is 0 Å². The Hall–Kier alpha value is -3.35. The Morgan fingerprint density at radius 1 is 1.12 bits per heavy atom. The summed E-state index contributed by atoms with van der Waals surface area (Å²) in [6.07, 6.45) is 2.10. The van der Waals surface area contributed by atoms with Gasteiger partial charge in [0.25, 0.3) is 0 Å². The number of carbonyl (C=O) groups is 1. The lowest BCUT2D eigenvalue weighted by molar-refractivity contribution is -0.145. The van der Waals surface area contributed by atoms with Crippen LogP contribution in [0, 0.1) is 0 Å². The lowest BCUT2D eigenvalue weighted by atomic mass is 10.3. The third-order valence-corrected chi connectivity index (χ3v) is 3.59. The number of furan rings is 1. The molecule has 0 fully saturated rings. The minimum absolute atomic E-state index is 0.0383. The Labute approximate surface area is 142 Å². The van der Waals surface area contributed by atoms with E-state index in [1.807, 2.05) is 24.3 Å². The highest BCUT2D eigenvalue weighted by molar-refractivity contribution is 5.72. The summed E-state index contributed by atoms with van der Waals surface area (Å²) >= 11 is 0. The van der Waals surface area contributed by atoms with Gasteiger partial charge in [0, 0.05) is 12.5 Å². The second kappa shape index (κ2) is 6.64. The van der Waals surface area contributed by atoms with Gasteiger partial charge in [0.05, 0.1) is 12.7 Å². The van der Waals surface area contributed by atoms with Crippen LogP contribution in [0.15, 0.2) is 62.1 Å². The second-order valence-corrected chi connectivity index (χ2v) is 5.40. The van der Waals surface area contributed by atoms with Crippen molar-refractivity contribution in [1.29, 1.82) is 0 Å². The SMILES string of the molecule is O=C(CCc1nc2ccccc2o1)OCc1cc(-c2ccco2)on1. The maximum Gasteiger partial charge on any atom is 0.306 e. The zero-order valence-electron chi connectivity index (χ0n) is 13.2. The van der Waals surface area contributed by atoms with Crippen LogP contribution in [-0.4, -0.2) is 16.1 Å². The normalized spacial score (nSPS) is 11.0. The fraction of sp³-hybridized carbons (Fsp3) is 0.167. The molecule has 4 rings (SSSR count). The molecule has 126 valence electrons. The Kier molecular flexibility index (Phi) is 4.04. The minimum atomic E-state index is -0.357. The Balaban J connectivity index is 1.29. The van der Waals surface area contributed by atoms with Gasteiger partial charge in [-0.05, 0) is 24.3 Å². The van der Waals surface area contributed by atoms with Crippen molar-refractivity contribution in [2.24, 2.45) is 0 Å². The van der Waals surface area contributed by atoms with E-state index in [0.29, 0.717) is 35.1 Å². The molecule has 0 amide bonds. The van der Waals surface area contributed by atoms with Crippen molar-refractivity contribution in [2.45, 2.75) is 19.4 Å². The summed E-state index contributed by atoms with van der Waals surface area (Å²) in [5.74, 6) is 1.22. The lowest BCUT2D eigenvalue weighted by Crippen LogP contribution is -2.06. The van der Waals surface area contributed by atoms with Gasteiger partial charge in [0.2, 0.25) is 5.76 Å². The van der Waals surface area contributed by atoms with Crippen molar-refractivity contribution < 1.29 is 22.9 Å². The number of ether oxygens (including phenoxy) is 1. The van der Waals surface area contributed by atoms with E-state index in [0.717, 1.165) is 5.52 Å². The third kappa shape index (κ3) is 3.45. The molecule has 0 aliphatic rings. The second-order valence-electron chi connectivity index (χ2n) is 5.40. The minimum Gasteiger partial charge on any atom is -0.461 e. The smallest absolute Gasteiger partial charge is 0.306 e. The van der Waals surface area contributed by atoms with E-state index in [-0.39, 0.29) is 19.0 Å². The van der Waals surface area contributed by atoms with E-state index in [4.69, 9.17) is 18.1 Å². The number of aryl methyl sites for hydroxylation is 1. The summed E-state index contributed by atoms with van der Waals surface area (Å²) in [7, 11) is 0. The zero-order chi connectivity index (χ0) is 17.1. The first-order valence-corrected chi connectivity index (χ1v) is 7.77. The summed E-state index contributed by atoms with van der Waals surface area (Å²) in [5.41, 5.74) is 2.00. The van der Waals surface area contributed by atoms with Crippen LogP contribution in [0.25, 0.3) is 22.6 Å². The molecule has 4 aromatic rings. The number of nitrogens with zero attached hydrogens (tertiary/aromatic N) is 2. The number of oxazole rings is 1. The number of fused-ring (bicyclic) bond motifs is 1. The van der Waals surface area contributed by atoms with Crippen LogP contribution in [0.1, 0.15) is 18.0 Å². The molecule has 0 aliphatic heterocycles. The van der Waals surface area contributed by atoms with Crippen LogP contribution >= 0.6 is 0 Å². The van der Waals surface area contributed by atoms with Gasteiger partial charge in [0.1, 0.15) is 17.8 Å². The molecular formula is C18H14N2O5. The molecule has 0 N–H and O–H groups in total. The van der Waals surface area contributed by atoms with E-state index in [9.17, 15) is 4.79 Å². The summed E-state index contributed by atoms with van der Waals surface area (Å²) in [5, 5.41) is 3.85. The Bertz CT molecular complexity index is 951. The molecule has 0 bridgehead atoms. The average molecular weight is 338 g/mol.